The third-order valence-electron chi connectivity index (χ3n) is 11.3. The van der Waals surface area contributed by atoms with E-state index in [1.165, 1.54) is 62.6 Å². The molecule has 1 saturated carbocycles. The van der Waals surface area contributed by atoms with E-state index in [-0.39, 0.29) is 17.7 Å². The Morgan fingerprint density at radius 1 is 1.00 bits per heavy atom. The van der Waals surface area contributed by atoms with E-state index < -0.39 is 0 Å². The van der Waals surface area contributed by atoms with Gasteiger partial charge in [-0.05, 0) is 36.8 Å². The van der Waals surface area contributed by atoms with Gasteiger partial charge in [0, 0.05) is 37.4 Å². The second-order valence-electron chi connectivity index (χ2n) is 12.2. The molecule has 10 atom stereocenters. The minimum atomic E-state index is -0.274. The topological polar surface area (TPSA) is 43.7 Å². The Bertz CT molecular complexity index is 890. The molecule has 5 aliphatic heterocycles. The quantitative estimate of drug-likeness (QED) is 0.416. The number of likely N-dealkylation sites (N-methyl/N-ethyl adjacent to an activating group) is 1. The maximum absolute atomic E-state index is 12.1. The van der Waals surface area contributed by atoms with Crippen molar-refractivity contribution < 1.29 is 14.7 Å². The largest absolute Gasteiger partial charge is 0.392 e. The van der Waals surface area contributed by atoms with E-state index in [2.05, 4.69) is 50.1 Å². The lowest BCUT2D eigenvalue weighted by Gasteiger charge is -2.68. The molecule has 4 heteroatoms. The van der Waals surface area contributed by atoms with Gasteiger partial charge in [-0.2, -0.15) is 0 Å². The van der Waals surface area contributed by atoms with Crippen LogP contribution in [0.3, 0.4) is 0 Å². The van der Waals surface area contributed by atoms with Gasteiger partial charge in [0.2, 0.25) is 0 Å². The van der Waals surface area contributed by atoms with Crippen LogP contribution in [-0.2, 0) is 5.41 Å². The summed E-state index contributed by atoms with van der Waals surface area (Å²) < 4.78 is 0.899. The number of fused-ring (bicyclic) bond motifs is 2. The summed E-state index contributed by atoms with van der Waals surface area (Å²) in [6, 6.07) is 10.1. The zero-order valence-electron chi connectivity index (χ0n) is 21.0. The van der Waals surface area contributed by atoms with Crippen molar-refractivity contribution in [1.29, 1.82) is 0 Å². The van der Waals surface area contributed by atoms with Crippen LogP contribution in [0.1, 0.15) is 83.6 Å². The van der Waals surface area contributed by atoms with Crippen molar-refractivity contribution in [2.45, 2.75) is 114 Å². The molecular weight excluding hydrogens is 408 g/mol. The highest BCUT2D eigenvalue weighted by atomic mass is 16.3. The number of hydrogen-bond donors (Lipinski definition) is 2. The van der Waals surface area contributed by atoms with Crippen LogP contribution in [-0.4, -0.2) is 58.7 Å². The Kier molecular flexibility index (Phi) is 5.40. The third kappa shape index (κ3) is 2.64. The van der Waals surface area contributed by atoms with Gasteiger partial charge in [0.05, 0.1) is 30.1 Å². The van der Waals surface area contributed by atoms with Gasteiger partial charge in [-0.15, -0.1) is 0 Å². The van der Waals surface area contributed by atoms with Gasteiger partial charge in [-0.1, -0.05) is 64.2 Å². The number of para-hydroxylation sites is 1. The monoisotopic (exact) mass is 453 g/mol. The SMILES string of the molecule is CCCCCCCCC[N+]12C3C[C@@H](C4C(O)[C@]5(C[C@@H]41)c1ccccc1N(C)[C@@H]35)[C@H](CC)[C@H]2O. The first kappa shape index (κ1) is 22.4. The van der Waals surface area contributed by atoms with Gasteiger partial charge in [0.1, 0.15) is 6.04 Å². The summed E-state index contributed by atoms with van der Waals surface area (Å²) in [5, 5.41) is 24.1. The highest BCUT2D eigenvalue weighted by Crippen LogP contribution is 2.71. The minimum absolute atomic E-state index is 0.135. The predicted octanol–water partition coefficient (Wildman–Crippen LogP) is 4.82. The molecule has 6 aliphatic rings. The molecule has 33 heavy (non-hydrogen) atoms. The molecule has 182 valence electrons. The summed E-state index contributed by atoms with van der Waals surface area (Å²) in [7, 11) is 2.26. The molecular formula is C29H45N2O2+. The molecule has 4 saturated heterocycles. The first-order valence-corrected chi connectivity index (χ1v) is 14.1. The van der Waals surface area contributed by atoms with E-state index in [1.807, 2.05) is 0 Å². The fourth-order valence-corrected chi connectivity index (χ4v) is 10.2. The van der Waals surface area contributed by atoms with Crippen LogP contribution in [0.15, 0.2) is 24.3 Å². The van der Waals surface area contributed by atoms with Crippen molar-refractivity contribution in [3.63, 3.8) is 0 Å². The lowest BCUT2D eigenvalue weighted by atomic mass is 9.60. The number of aliphatic hydroxyl groups excluding tert-OH is 2. The Morgan fingerprint density at radius 3 is 2.48 bits per heavy atom. The second-order valence-corrected chi connectivity index (χ2v) is 12.2. The number of benzene rings is 1. The van der Waals surface area contributed by atoms with Crippen molar-refractivity contribution in [2.24, 2.45) is 17.8 Å². The molecule has 0 amide bonds. The molecule has 2 N–H and O–H groups in total. The van der Waals surface area contributed by atoms with Crippen LogP contribution < -0.4 is 4.90 Å². The number of rotatable bonds is 9. The van der Waals surface area contributed by atoms with E-state index in [0.717, 1.165) is 23.9 Å². The normalized spacial score (nSPS) is 46.2. The maximum Gasteiger partial charge on any atom is 0.194 e. The Labute approximate surface area is 200 Å². The summed E-state index contributed by atoms with van der Waals surface area (Å²) in [6.07, 6.45) is 12.0. The highest BCUT2D eigenvalue weighted by Gasteiger charge is 2.82. The number of aliphatic hydroxyl groups is 2. The molecule has 1 aliphatic carbocycles. The Morgan fingerprint density at radius 2 is 1.73 bits per heavy atom. The van der Waals surface area contributed by atoms with Crippen LogP contribution >= 0.6 is 0 Å². The summed E-state index contributed by atoms with van der Waals surface area (Å²) in [5.41, 5.74) is 2.58. The number of nitrogens with zero attached hydrogens (tertiary/aromatic N) is 2. The number of unbranched alkanes of at least 4 members (excludes halogenated alkanes) is 6. The first-order chi connectivity index (χ1) is 16.0. The van der Waals surface area contributed by atoms with Crippen LogP contribution in [0.25, 0.3) is 0 Å². The van der Waals surface area contributed by atoms with Crippen LogP contribution in [0, 0.1) is 17.8 Å². The number of piperidine rings is 4. The minimum Gasteiger partial charge on any atom is -0.392 e. The van der Waals surface area contributed by atoms with Crippen molar-refractivity contribution in [2.75, 3.05) is 18.5 Å². The smallest absolute Gasteiger partial charge is 0.194 e. The summed E-state index contributed by atoms with van der Waals surface area (Å²) in [5.74, 6) is 1.18. The molecule has 7 rings (SSSR count). The van der Waals surface area contributed by atoms with Gasteiger partial charge in [0.15, 0.2) is 6.23 Å². The molecule has 4 nitrogen and oxygen atoms in total. The lowest BCUT2D eigenvalue weighted by Crippen LogP contribution is -2.83. The van der Waals surface area contributed by atoms with Crippen LogP contribution in [0.5, 0.6) is 0 Å². The zero-order chi connectivity index (χ0) is 23.0. The Hall–Kier alpha value is -1.10. The van der Waals surface area contributed by atoms with Crippen molar-refractivity contribution >= 4 is 5.69 Å². The predicted molar refractivity (Wildman–Crippen MR) is 133 cm³/mol. The van der Waals surface area contributed by atoms with Crippen molar-refractivity contribution in [3.05, 3.63) is 29.8 Å². The maximum atomic E-state index is 12.1. The first-order valence-electron chi connectivity index (χ1n) is 14.1. The van der Waals surface area contributed by atoms with Gasteiger partial charge in [-0.3, -0.25) is 4.48 Å². The average Bonchev–Trinajstić information content (AvgIpc) is 3.21. The molecule has 4 unspecified atom stereocenters. The highest BCUT2D eigenvalue weighted by molar-refractivity contribution is 5.66. The van der Waals surface area contributed by atoms with Crippen molar-refractivity contribution in [3.8, 4) is 0 Å². The zero-order valence-corrected chi connectivity index (χ0v) is 21.0. The molecule has 0 aromatic heterocycles. The number of anilines is 1. The summed E-state index contributed by atoms with van der Waals surface area (Å²) >= 11 is 0. The summed E-state index contributed by atoms with van der Waals surface area (Å²) in [6.45, 7) is 5.65. The van der Waals surface area contributed by atoms with Crippen LogP contribution in [0.2, 0.25) is 0 Å². The average molecular weight is 454 g/mol. The standard InChI is InChI=1S/C29H45N2O2/c1-4-6-7-8-9-10-13-16-31-23-17-20(19(5-2)28(31)33)25-24(31)18-29(27(25)32)21-14-11-12-15-22(21)30(3)26(23)29/h11-12,14-15,19-20,23-28,32-33H,4-10,13,16-18H2,1-3H3/q+1/t19-,20+,23?,24-,25?,26-,27?,28+,29+,31?/m0/s1. The van der Waals surface area contributed by atoms with Gasteiger partial charge in [-0.25, -0.2) is 0 Å². The summed E-state index contributed by atoms with van der Waals surface area (Å²) in [4.78, 5) is 2.51. The molecule has 1 aromatic carbocycles. The fraction of sp³-hybridized carbons (Fsp3) is 0.793. The molecule has 5 fully saturated rings. The van der Waals surface area contributed by atoms with E-state index >= 15 is 0 Å². The Balaban J connectivity index is 1.36. The fourth-order valence-electron chi connectivity index (χ4n) is 10.2. The lowest BCUT2D eigenvalue weighted by molar-refractivity contribution is -1.04. The van der Waals surface area contributed by atoms with Gasteiger partial charge in [0.25, 0.3) is 0 Å². The van der Waals surface area contributed by atoms with E-state index in [4.69, 9.17) is 0 Å². The van der Waals surface area contributed by atoms with Crippen molar-refractivity contribution in [1.82, 2.24) is 0 Å². The van der Waals surface area contributed by atoms with E-state index in [0.29, 0.717) is 35.9 Å². The molecule has 1 aromatic rings. The number of hydrogen-bond acceptors (Lipinski definition) is 3. The van der Waals surface area contributed by atoms with Gasteiger partial charge >= 0.3 is 0 Å². The number of quaternary nitrogens is 1. The molecule has 5 bridgehead atoms. The molecule has 1 spiro atoms. The second kappa shape index (κ2) is 7.96. The van der Waals surface area contributed by atoms with Gasteiger partial charge < -0.3 is 15.1 Å². The van der Waals surface area contributed by atoms with E-state index in [9.17, 15) is 10.2 Å². The molecule has 5 heterocycles. The molecule has 0 radical (unpaired) electrons. The van der Waals surface area contributed by atoms with E-state index in [1.54, 1.807) is 0 Å². The third-order valence-corrected chi connectivity index (χ3v) is 11.3. The van der Waals surface area contributed by atoms with Crippen LogP contribution in [0.4, 0.5) is 5.69 Å².